The van der Waals surface area contributed by atoms with Crippen molar-refractivity contribution in [3.8, 4) is 0 Å². The minimum atomic E-state index is -0.0391. The van der Waals surface area contributed by atoms with Gasteiger partial charge in [-0.25, -0.2) is 9.97 Å². The van der Waals surface area contributed by atoms with Crippen LogP contribution in [0.25, 0.3) is 0 Å². The molecular weight excluding hydrogens is 218 g/mol. The normalized spacial score (nSPS) is 10.0. The Hall–Kier alpha value is -1.85. The second-order valence-electron chi connectivity index (χ2n) is 3.75. The number of carbonyl (C=O) groups excluding carboxylic acids is 1. The maximum absolute atomic E-state index is 10.7. The molecule has 0 aromatic carbocycles. The summed E-state index contributed by atoms with van der Waals surface area (Å²) in [5.74, 6) is 1.23. The Balaban J connectivity index is 2.57. The van der Waals surface area contributed by atoms with E-state index in [0.29, 0.717) is 18.9 Å². The summed E-state index contributed by atoms with van der Waals surface area (Å²) in [5.41, 5.74) is 6.74. The average Bonchev–Trinajstić information content (AvgIpc) is 2.28. The Morgan fingerprint density at radius 1 is 1.41 bits per heavy atom. The van der Waals surface area contributed by atoms with Crippen molar-refractivity contribution in [1.82, 2.24) is 15.3 Å². The summed E-state index contributed by atoms with van der Waals surface area (Å²) in [4.78, 5) is 18.8. The minimum absolute atomic E-state index is 0.0391. The van der Waals surface area contributed by atoms with Gasteiger partial charge in [0, 0.05) is 25.6 Å². The lowest BCUT2D eigenvalue weighted by molar-refractivity contribution is -0.118. The molecule has 0 aliphatic carbocycles. The molecule has 1 amide bonds. The van der Waals surface area contributed by atoms with E-state index in [2.05, 4.69) is 27.5 Å². The summed E-state index contributed by atoms with van der Waals surface area (Å²) in [6.07, 6.45) is 3.27. The van der Waals surface area contributed by atoms with Gasteiger partial charge in [0.1, 0.15) is 18.0 Å². The fraction of sp³-hybridized carbons (Fsp3) is 0.545. The molecule has 1 aromatic rings. The number of carbonyl (C=O) groups is 1. The Bertz CT molecular complexity index is 380. The summed E-state index contributed by atoms with van der Waals surface area (Å²) in [6, 6.07) is 0. The first-order valence-corrected chi connectivity index (χ1v) is 5.72. The lowest BCUT2D eigenvalue weighted by atomic mass is 10.1. The highest BCUT2D eigenvalue weighted by Gasteiger charge is 2.07. The Kier molecular flexibility index (Phi) is 5.19. The van der Waals surface area contributed by atoms with Gasteiger partial charge in [0.2, 0.25) is 5.91 Å². The lowest BCUT2D eigenvalue weighted by Crippen LogP contribution is -2.26. The van der Waals surface area contributed by atoms with E-state index in [-0.39, 0.29) is 5.91 Å². The van der Waals surface area contributed by atoms with Crippen molar-refractivity contribution < 1.29 is 4.79 Å². The number of nitrogens with zero attached hydrogens (tertiary/aromatic N) is 2. The fourth-order valence-corrected chi connectivity index (χ4v) is 1.49. The van der Waals surface area contributed by atoms with E-state index in [4.69, 9.17) is 5.73 Å². The lowest BCUT2D eigenvalue weighted by Gasteiger charge is -2.11. The van der Waals surface area contributed by atoms with Crippen molar-refractivity contribution >= 4 is 17.5 Å². The summed E-state index contributed by atoms with van der Waals surface area (Å²) in [7, 11) is 0. The predicted molar refractivity (Wildman–Crippen MR) is 67.6 cm³/mol. The highest BCUT2D eigenvalue weighted by atomic mass is 16.1. The number of nitrogens with two attached hydrogens (primary N) is 1. The Morgan fingerprint density at radius 3 is 2.82 bits per heavy atom. The van der Waals surface area contributed by atoms with Crippen molar-refractivity contribution in [2.75, 3.05) is 24.1 Å². The number of amides is 1. The molecular formula is C11H19N5O. The van der Waals surface area contributed by atoms with Crippen LogP contribution in [0, 0.1) is 0 Å². The molecule has 0 fully saturated rings. The molecule has 0 aliphatic rings. The van der Waals surface area contributed by atoms with Crippen LogP contribution in [0.4, 0.5) is 11.6 Å². The zero-order chi connectivity index (χ0) is 12.7. The molecule has 1 aromatic heterocycles. The first-order chi connectivity index (χ1) is 8.15. The molecule has 0 bridgehead atoms. The van der Waals surface area contributed by atoms with Crippen molar-refractivity contribution in [1.29, 1.82) is 0 Å². The van der Waals surface area contributed by atoms with E-state index in [9.17, 15) is 4.79 Å². The van der Waals surface area contributed by atoms with Crippen LogP contribution in [0.3, 0.4) is 0 Å². The molecule has 17 heavy (non-hydrogen) atoms. The molecule has 0 saturated heterocycles. The number of hydrogen-bond acceptors (Lipinski definition) is 5. The molecule has 0 spiro atoms. The summed E-state index contributed by atoms with van der Waals surface area (Å²) in [5, 5.41) is 5.85. The van der Waals surface area contributed by atoms with Crippen LogP contribution in [-0.2, 0) is 11.2 Å². The molecule has 0 saturated carbocycles. The maximum atomic E-state index is 10.7. The molecule has 0 unspecified atom stereocenters. The van der Waals surface area contributed by atoms with E-state index in [1.54, 1.807) is 0 Å². The van der Waals surface area contributed by atoms with Crippen molar-refractivity contribution in [2.24, 2.45) is 0 Å². The Morgan fingerprint density at radius 2 is 2.18 bits per heavy atom. The van der Waals surface area contributed by atoms with Crippen LogP contribution >= 0.6 is 0 Å². The van der Waals surface area contributed by atoms with Gasteiger partial charge in [0.05, 0.1) is 0 Å². The number of nitrogens with one attached hydrogen (secondary N) is 2. The van der Waals surface area contributed by atoms with Gasteiger partial charge in [-0.2, -0.15) is 0 Å². The average molecular weight is 237 g/mol. The van der Waals surface area contributed by atoms with Crippen LogP contribution in [0.15, 0.2) is 6.33 Å². The highest BCUT2D eigenvalue weighted by Crippen LogP contribution is 2.18. The van der Waals surface area contributed by atoms with Gasteiger partial charge in [-0.3, -0.25) is 4.79 Å². The summed E-state index contributed by atoms with van der Waals surface area (Å²) >= 11 is 0. The third-order valence-corrected chi connectivity index (χ3v) is 2.27. The first kappa shape index (κ1) is 13.2. The van der Waals surface area contributed by atoms with E-state index >= 15 is 0 Å². The standard InChI is InChI=1S/C11H19N5O/c1-3-4-9-10(12)15-7-16-11(9)14-6-5-13-8(2)17/h7H,3-6H2,1-2H3,(H,13,17)(H3,12,14,15,16). The van der Waals surface area contributed by atoms with E-state index in [0.717, 1.165) is 24.2 Å². The van der Waals surface area contributed by atoms with Crippen molar-refractivity contribution in [2.45, 2.75) is 26.7 Å². The number of nitrogen functional groups attached to an aromatic ring is 1. The van der Waals surface area contributed by atoms with Crippen molar-refractivity contribution in [3.63, 3.8) is 0 Å². The summed E-state index contributed by atoms with van der Waals surface area (Å²) < 4.78 is 0. The van der Waals surface area contributed by atoms with Crippen LogP contribution in [0.5, 0.6) is 0 Å². The van der Waals surface area contributed by atoms with E-state index in [1.807, 2.05) is 0 Å². The molecule has 1 heterocycles. The molecule has 6 heteroatoms. The quantitative estimate of drug-likeness (QED) is 0.629. The van der Waals surface area contributed by atoms with Crippen LogP contribution < -0.4 is 16.4 Å². The molecule has 6 nitrogen and oxygen atoms in total. The maximum Gasteiger partial charge on any atom is 0.216 e. The largest absolute Gasteiger partial charge is 0.383 e. The SMILES string of the molecule is CCCc1c(N)ncnc1NCCNC(C)=O. The molecule has 0 aliphatic heterocycles. The van der Waals surface area contributed by atoms with Gasteiger partial charge in [0.15, 0.2) is 0 Å². The molecule has 1 rings (SSSR count). The number of hydrogen-bond donors (Lipinski definition) is 3. The fourth-order valence-electron chi connectivity index (χ4n) is 1.49. The number of rotatable bonds is 6. The third kappa shape index (κ3) is 4.26. The van der Waals surface area contributed by atoms with E-state index < -0.39 is 0 Å². The van der Waals surface area contributed by atoms with Crippen LogP contribution in [0.1, 0.15) is 25.8 Å². The van der Waals surface area contributed by atoms with Gasteiger partial charge in [-0.1, -0.05) is 13.3 Å². The molecule has 0 radical (unpaired) electrons. The molecule has 0 atom stereocenters. The predicted octanol–water partition coefficient (Wildman–Crippen LogP) is 0.559. The first-order valence-electron chi connectivity index (χ1n) is 5.72. The van der Waals surface area contributed by atoms with E-state index in [1.165, 1.54) is 13.3 Å². The minimum Gasteiger partial charge on any atom is -0.383 e. The third-order valence-electron chi connectivity index (χ3n) is 2.27. The highest BCUT2D eigenvalue weighted by molar-refractivity contribution is 5.72. The molecule has 94 valence electrons. The smallest absolute Gasteiger partial charge is 0.216 e. The second kappa shape index (κ2) is 6.67. The van der Waals surface area contributed by atoms with Gasteiger partial charge in [0.25, 0.3) is 0 Å². The zero-order valence-corrected chi connectivity index (χ0v) is 10.3. The number of anilines is 2. The zero-order valence-electron chi connectivity index (χ0n) is 10.3. The van der Waals surface area contributed by atoms with Gasteiger partial charge in [-0.05, 0) is 6.42 Å². The van der Waals surface area contributed by atoms with Crippen LogP contribution in [-0.4, -0.2) is 29.0 Å². The second-order valence-corrected chi connectivity index (χ2v) is 3.75. The topological polar surface area (TPSA) is 92.9 Å². The van der Waals surface area contributed by atoms with Crippen molar-refractivity contribution in [3.05, 3.63) is 11.9 Å². The monoisotopic (exact) mass is 237 g/mol. The summed E-state index contributed by atoms with van der Waals surface area (Å²) in [6.45, 7) is 4.75. The van der Waals surface area contributed by atoms with Gasteiger partial charge < -0.3 is 16.4 Å². The van der Waals surface area contributed by atoms with Crippen LogP contribution in [0.2, 0.25) is 0 Å². The van der Waals surface area contributed by atoms with Gasteiger partial charge >= 0.3 is 0 Å². The number of aromatic nitrogens is 2. The molecule has 4 N–H and O–H groups in total. The Labute approximate surface area is 101 Å². The van der Waals surface area contributed by atoms with Gasteiger partial charge in [-0.15, -0.1) is 0 Å².